The van der Waals surface area contributed by atoms with Crippen molar-refractivity contribution in [3.8, 4) is 11.5 Å². The Morgan fingerprint density at radius 1 is 1.11 bits per heavy atom. The number of benzene rings is 2. The zero-order chi connectivity index (χ0) is 19.4. The molecule has 1 aliphatic heterocycles. The summed E-state index contributed by atoms with van der Waals surface area (Å²) in [6, 6.07) is 12.0. The number of ether oxygens (including phenoxy) is 2. The Kier molecular flexibility index (Phi) is 5.75. The Balaban J connectivity index is 1.70. The fourth-order valence-electron chi connectivity index (χ4n) is 2.86. The topological polar surface area (TPSA) is 85.7 Å². The normalized spacial score (nSPS) is 13.7. The SMILES string of the molecule is CC(C)[C@H](NC(=S)Nc1ccc([N+](=O)[O-])cc1)c1ccc2c(c1)OCCO2. The van der Waals surface area contributed by atoms with E-state index in [4.69, 9.17) is 21.7 Å². The molecule has 0 bridgehead atoms. The summed E-state index contributed by atoms with van der Waals surface area (Å²) in [4.78, 5) is 10.3. The summed E-state index contributed by atoms with van der Waals surface area (Å²) in [6.07, 6.45) is 0. The van der Waals surface area contributed by atoms with Gasteiger partial charge in [-0.3, -0.25) is 10.1 Å². The molecule has 0 aliphatic carbocycles. The van der Waals surface area contributed by atoms with Crippen molar-refractivity contribution in [2.24, 2.45) is 5.92 Å². The number of nitro benzene ring substituents is 1. The summed E-state index contributed by atoms with van der Waals surface area (Å²) >= 11 is 5.42. The van der Waals surface area contributed by atoms with Crippen molar-refractivity contribution in [1.29, 1.82) is 0 Å². The minimum Gasteiger partial charge on any atom is -0.486 e. The molecule has 0 saturated heterocycles. The van der Waals surface area contributed by atoms with Crippen LogP contribution in [0.5, 0.6) is 11.5 Å². The maximum absolute atomic E-state index is 10.7. The van der Waals surface area contributed by atoms with Crippen molar-refractivity contribution in [1.82, 2.24) is 5.32 Å². The fraction of sp³-hybridized carbons (Fsp3) is 0.316. The Labute approximate surface area is 162 Å². The summed E-state index contributed by atoms with van der Waals surface area (Å²) in [5, 5.41) is 17.6. The number of hydrogen-bond acceptors (Lipinski definition) is 5. The largest absolute Gasteiger partial charge is 0.486 e. The van der Waals surface area contributed by atoms with E-state index in [1.165, 1.54) is 12.1 Å². The lowest BCUT2D eigenvalue weighted by atomic mass is 9.95. The quantitative estimate of drug-likeness (QED) is 0.455. The van der Waals surface area contributed by atoms with E-state index in [1.54, 1.807) is 12.1 Å². The van der Waals surface area contributed by atoms with Crippen LogP contribution in [0.25, 0.3) is 0 Å². The van der Waals surface area contributed by atoms with Crippen LogP contribution in [0.1, 0.15) is 25.5 Å². The molecule has 0 saturated carbocycles. The van der Waals surface area contributed by atoms with Gasteiger partial charge in [0.25, 0.3) is 5.69 Å². The van der Waals surface area contributed by atoms with E-state index < -0.39 is 4.92 Å². The first-order valence-corrected chi connectivity index (χ1v) is 9.06. The number of thiocarbonyl (C=S) groups is 1. The third-order valence-electron chi connectivity index (χ3n) is 4.21. The minimum absolute atomic E-state index is 0.0288. The maximum Gasteiger partial charge on any atom is 0.269 e. The van der Waals surface area contributed by atoms with Crippen molar-refractivity contribution < 1.29 is 14.4 Å². The third-order valence-corrected chi connectivity index (χ3v) is 4.43. The van der Waals surface area contributed by atoms with Crippen LogP contribution in [-0.4, -0.2) is 23.2 Å². The molecule has 0 unspecified atom stereocenters. The summed E-state index contributed by atoms with van der Waals surface area (Å²) in [6.45, 7) is 5.30. The summed E-state index contributed by atoms with van der Waals surface area (Å²) < 4.78 is 11.2. The summed E-state index contributed by atoms with van der Waals surface area (Å²) in [5.74, 6) is 1.75. The molecule has 0 fully saturated rings. The van der Waals surface area contributed by atoms with Crippen LogP contribution < -0.4 is 20.1 Å². The first-order valence-electron chi connectivity index (χ1n) is 8.65. The highest BCUT2D eigenvalue weighted by Gasteiger charge is 2.20. The molecule has 1 atom stereocenters. The number of fused-ring (bicyclic) bond motifs is 1. The molecule has 1 aliphatic rings. The lowest BCUT2D eigenvalue weighted by Gasteiger charge is -2.26. The summed E-state index contributed by atoms with van der Waals surface area (Å²) in [5.41, 5.74) is 1.76. The van der Waals surface area contributed by atoms with Gasteiger partial charge in [-0.05, 0) is 48.0 Å². The minimum atomic E-state index is -0.434. The van der Waals surface area contributed by atoms with E-state index in [0.29, 0.717) is 24.0 Å². The van der Waals surface area contributed by atoms with Gasteiger partial charge in [-0.1, -0.05) is 19.9 Å². The van der Waals surface area contributed by atoms with Crippen molar-refractivity contribution >= 4 is 28.7 Å². The van der Waals surface area contributed by atoms with Gasteiger partial charge in [-0.15, -0.1) is 0 Å². The van der Waals surface area contributed by atoms with Gasteiger partial charge < -0.3 is 20.1 Å². The first-order chi connectivity index (χ1) is 12.9. The molecule has 7 nitrogen and oxygen atoms in total. The number of nitrogens with one attached hydrogen (secondary N) is 2. The van der Waals surface area contributed by atoms with Crippen molar-refractivity contribution in [3.05, 3.63) is 58.1 Å². The van der Waals surface area contributed by atoms with Crippen molar-refractivity contribution in [3.63, 3.8) is 0 Å². The van der Waals surface area contributed by atoms with Gasteiger partial charge in [0.1, 0.15) is 13.2 Å². The van der Waals surface area contributed by atoms with Gasteiger partial charge in [0.05, 0.1) is 11.0 Å². The fourth-order valence-corrected chi connectivity index (χ4v) is 3.11. The molecule has 0 radical (unpaired) electrons. The first kappa shape index (κ1) is 18.9. The Morgan fingerprint density at radius 2 is 1.78 bits per heavy atom. The molecule has 2 aromatic rings. The third kappa shape index (κ3) is 4.65. The van der Waals surface area contributed by atoms with Crippen LogP contribution in [0.2, 0.25) is 0 Å². The van der Waals surface area contributed by atoms with Crippen LogP contribution >= 0.6 is 12.2 Å². The number of nitrogens with zero attached hydrogens (tertiary/aromatic N) is 1. The molecule has 0 amide bonds. The van der Waals surface area contributed by atoms with Crippen LogP contribution in [0, 0.1) is 16.0 Å². The molecular weight excluding hydrogens is 366 g/mol. The van der Waals surface area contributed by atoms with E-state index in [9.17, 15) is 10.1 Å². The van der Waals surface area contributed by atoms with E-state index in [0.717, 1.165) is 17.1 Å². The average molecular weight is 387 g/mol. The molecule has 2 N–H and O–H groups in total. The number of hydrogen-bond donors (Lipinski definition) is 2. The Hall–Kier alpha value is -2.87. The van der Waals surface area contributed by atoms with Crippen LogP contribution in [0.3, 0.4) is 0 Å². The zero-order valence-electron chi connectivity index (χ0n) is 15.1. The molecule has 3 rings (SSSR count). The van der Waals surface area contributed by atoms with Gasteiger partial charge in [0, 0.05) is 17.8 Å². The second kappa shape index (κ2) is 8.22. The Bertz CT molecular complexity index is 839. The van der Waals surface area contributed by atoms with Crippen LogP contribution in [-0.2, 0) is 0 Å². The number of non-ortho nitro benzene ring substituents is 1. The molecule has 142 valence electrons. The average Bonchev–Trinajstić information content (AvgIpc) is 2.66. The standard InChI is InChI=1S/C19H21N3O4S/c1-12(2)18(13-3-8-16-17(11-13)26-10-9-25-16)21-19(27)20-14-4-6-15(7-5-14)22(23)24/h3-8,11-12,18H,9-10H2,1-2H3,(H2,20,21,27)/t18-/m0/s1. The summed E-state index contributed by atoms with van der Waals surface area (Å²) in [7, 11) is 0. The second-order valence-electron chi connectivity index (χ2n) is 6.53. The predicted molar refractivity (Wildman–Crippen MR) is 107 cm³/mol. The molecular formula is C19H21N3O4S. The second-order valence-corrected chi connectivity index (χ2v) is 6.94. The number of anilines is 1. The van der Waals surface area contributed by atoms with E-state index in [1.807, 2.05) is 18.2 Å². The highest BCUT2D eigenvalue weighted by molar-refractivity contribution is 7.80. The van der Waals surface area contributed by atoms with Gasteiger partial charge >= 0.3 is 0 Å². The lowest BCUT2D eigenvalue weighted by Crippen LogP contribution is -2.35. The number of rotatable bonds is 5. The van der Waals surface area contributed by atoms with E-state index >= 15 is 0 Å². The molecule has 27 heavy (non-hydrogen) atoms. The molecule has 1 heterocycles. The van der Waals surface area contributed by atoms with Crippen molar-refractivity contribution in [2.45, 2.75) is 19.9 Å². The van der Waals surface area contributed by atoms with E-state index in [-0.39, 0.29) is 17.6 Å². The van der Waals surface area contributed by atoms with Crippen LogP contribution in [0.15, 0.2) is 42.5 Å². The van der Waals surface area contributed by atoms with Gasteiger partial charge in [0.15, 0.2) is 16.6 Å². The van der Waals surface area contributed by atoms with Gasteiger partial charge in [-0.25, -0.2) is 0 Å². The number of nitro groups is 1. The highest BCUT2D eigenvalue weighted by atomic mass is 32.1. The highest BCUT2D eigenvalue weighted by Crippen LogP contribution is 2.34. The van der Waals surface area contributed by atoms with Crippen molar-refractivity contribution in [2.75, 3.05) is 18.5 Å². The molecule has 8 heteroatoms. The van der Waals surface area contributed by atoms with Crippen LogP contribution in [0.4, 0.5) is 11.4 Å². The molecule has 0 spiro atoms. The van der Waals surface area contributed by atoms with Gasteiger partial charge in [0.2, 0.25) is 0 Å². The molecule has 2 aromatic carbocycles. The molecule has 0 aromatic heterocycles. The van der Waals surface area contributed by atoms with Gasteiger partial charge in [-0.2, -0.15) is 0 Å². The smallest absolute Gasteiger partial charge is 0.269 e. The monoisotopic (exact) mass is 387 g/mol. The predicted octanol–water partition coefficient (Wildman–Crippen LogP) is 4.05. The maximum atomic E-state index is 10.7. The zero-order valence-corrected chi connectivity index (χ0v) is 15.9. The Morgan fingerprint density at radius 3 is 2.41 bits per heavy atom. The lowest BCUT2D eigenvalue weighted by molar-refractivity contribution is -0.384. The van der Waals surface area contributed by atoms with E-state index in [2.05, 4.69) is 24.5 Å².